The van der Waals surface area contributed by atoms with Gasteiger partial charge in [0.2, 0.25) is 0 Å². The van der Waals surface area contributed by atoms with E-state index in [2.05, 4.69) is 44.2 Å². The zero-order chi connectivity index (χ0) is 9.42. The monoisotopic (exact) mass is 173 g/mol. The number of fused-ring (bicyclic) bond motifs is 1. The third-order valence-corrected chi connectivity index (χ3v) is 2.74. The lowest BCUT2D eigenvalue weighted by atomic mass is 9.95. The quantitative estimate of drug-likeness (QED) is 0.694. The zero-order valence-electron chi connectivity index (χ0n) is 8.12. The Balaban J connectivity index is 2.50. The fraction of sp³-hybridized carbons (Fsp3) is 0.333. The second-order valence-electron chi connectivity index (χ2n) is 3.82. The molecule has 1 aromatic rings. The molecule has 0 saturated heterocycles. The van der Waals surface area contributed by atoms with E-state index in [1.165, 1.54) is 16.7 Å². The largest absolute Gasteiger partial charge is 0.327 e. The van der Waals surface area contributed by atoms with E-state index in [1.807, 2.05) is 0 Å². The molecule has 2 N–H and O–H groups in total. The molecule has 1 aliphatic carbocycles. The van der Waals surface area contributed by atoms with Gasteiger partial charge in [0, 0.05) is 12.0 Å². The molecule has 0 amide bonds. The number of hydrogen-bond acceptors (Lipinski definition) is 1. The Kier molecular flexibility index (Phi) is 1.97. The van der Waals surface area contributed by atoms with Crippen molar-refractivity contribution in [1.82, 2.24) is 0 Å². The van der Waals surface area contributed by atoms with Crippen molar-refractivity contribution >= 4 is 5.57 Å². The Hall–Kier alpha value is -1.08. The summed E-state index contributed by atoms with van der Waals surface area (Å²) < 4.78 is 0. The molecule has 0 fully saturated rings. The van der Waals surface area contributed by atoms with Crippen LogP contribution >= 0.6 is 0 Å². The normalized spacial score (nSPS) is 22.4. The molecule has 1 heteroatoms. The summed E-state index contributed by atoms with van der Waals surface area (Å²) in [7, 11) is 0. The van der Waals surface area contributed by atoms with Crippen LogP contribution in [0.25, 0.3) is 5.57 Å². The SMILES string of the molecule is CC1=CC(C(C)N)c2ccccc21. The Morgan fingerprint density at radius 1 is 1.31 bits per heavy atom. The van der Waals surface area contributed by atoms with Crippen LogP contribution in [0.5, 0.6) is 0 Å². The van der Waals surface area contributed by atoms with Gasteiger partial charge >= 0.3 is 0 Å². The van der Waals surface area contributed by atoms with Crippen LogP contribution in [0.1, 0.15) is 30.9 Å². The predicted octanol–water partition coefficient (Wildman–Crippen LogP) is 2.53. The third-order valence-electron chi connectivity index (χ3n) is 2.74. The van der Waals surface area contributed by atoms with E-state index < -0.39 is 0 Å². The van der Waals surface area contributed by atoms with E-state index in [4.69, 9.17) is 5.73 Å². The Morgan fingerprint density at radius 3 is 2.69 bits per heavy atom. The summed E-state index contributed by atoms with van der Waals surface area (Å²) in [5.41, 5.74) is 10.0. The zero-order valence-corrected chi connectivity index (χ0v) is 8.12. The number of hydrogen-bond donors (Lipinski definition) is 1. The lowest BCUT2D eigenvalue weighted by Gasteiger charge is -2.14. The molecule has 13 heavy (non-hydrogen) atoms. The van der Waals surface area contributed by atoms with E-state index in [0.717, 1.165) is 0 Å². The number of rotatable bonds is 1. The average Bonchev–Trinajstić information content (AvgIpc) is 2.45. The van der Waals surface area contributed by atoms with Crippen LogP contribution in [0.15, 0.2) is 30.3 Å². The third kappa shape index (κ3) is 1.29. The molecule has 0 heterocycles. The minimum absolute atomic E-state index is 0.207. The molecule has 0 aliphatic heterocycles. The molecule has 0 spiro atoms. The van der Waals surface area contributed by atoms with Crippen LogP contribution in [0.2, 0.25) is 0 Å². The Bertz CT molecular complexity index is 350. The summed E-state index contributed by atoms with van der Waals surface area (Å²) in [5.74, 6) is 0.413. The molecule has 0 aromatic heterocycles. The molecule has 1 aliphatic rings. The van der Waals surface area contributed by atoms with E-state index in [1.54, 1.807) is 0 Å². The van der Waals surface area contributed by atoms with Crippen LogP contribution in [0, 0.1) is 0 Å². The summed E-state index contributed by atoms with van der Waals surface area (Å²) in [4.78, 5) is 0. The first-order chi connectivity index (χ1) is 6.20. The van der Waals surface area contributed by atoms with Crippen molar-refractivity contribution in [3.63, 3.8) is 0 Å². The second kappa shape index (κ2) is 3.00. The van der Waals surface area contributed by atoms with Gasteiger partial charge < -0.3 is 5.73 Å². The average molecular weight is 173 g/mol. The topological polar surface area (TPSA) is 26.0 Å². The minimum Gasteiger partial charge on any atom is -0.327 e. The molecule has 0 radical (unpaired) electrons. The standard InChI is InChI=1S/C12H15N/c1-8-7-12(9(2)13)11-6-4-3-5-10(8)11/h3-7,9,12H,13H2,1-2H3. The number of benzene rings is 1. The summed E-state index contributed by atoms with van der Waals surface area (Å²) in [5, 5.41) is 0. The van der Waals surface area contributed by atoms with Gasteiger partial charge in [-0.2, -0.15) is 0 Å². The van der Waals surface area contributed by atoms with Gasteiger partial charge in [0.25, 0.3) is 0 Å². The van der Waals surface area contributed by atoms with Crippen molar-refractivity contribution in [3.8, 4) is 0 Å². The van der Waals surface area contributed by atoms with Crippen LogP contribution < -0.4 is 5.73 Å². The van der Waals surface area contributed by atoms with Crippen LogP contribution in [0.3, 0.4) is 0 Å². The molecular formula is C12H15N. The van der Waals surface area contributed by atoms with Gasteiger partial charge in [-0.3, -0.25) is 0 Å². The highest BCUT2D eigenvalue weighted by Gasteiger charge is 2.22. The molecule has 2 rings (SSSR count). The molecule has 1 aromatic carbocycles. The summed E-state index contributed by atoms with van der Waals surface area (Å²) >= 11 is 0. The van der Waals surface area contributed by atoms with Crippen molar-refractivity contribution in [2.45, 2.75) is 25.8 Å². The second-order valence-corrected chi connectivity index (χ2v) is 3.82. The molecule has 2 atom stereocenters. The first kappa shape index (κ1) is 8.52. The van der Waals surface area contributed by atoms with Gasteiger partial charge in [-0.1, -0.05) is 30.3 Å². The minimum atomic E-state index is 0.207. The van der Waals surface area contributed by atoms with Crippen molar-refractivity contribution in [2.24, 2.45) is 5.73 Å². The van der Waals surface area contributed by atoms with Crippen LogP contribution in [0.4, 0.5) is 0 Å². The van der Waals surface area contributed by atoms with Crippen molar-refractivity contribution < 1.29 is 0 Å². The first-order valence-electron chi connectivity index (χ1n) is 4.73. The highest BCUT2D eigenvalue weighted by Crippen LogP contribution is 2.36. The Morgan fingerprint density at radius 2 is 2.00 bits per heavy atom. The summed E-state index contributed by atoms with van der Waals surface area (Å²) in [6.45, 7) is 4.22. The molecule has 1 nitrogen and oxygen atoms in total. The number of allylic oxidation sites excluding steroid dienone is 1. The fourth-order valence-electron chi connectivity index (χ4n) is 2.03. The van der Waals surface area contributed by atoms with E-state index in [-0.39, 0.29) is 6.04 Å². The van der Waals surface area contributed by atoms with Crippen LogP contribution in [-0.2, 0) is 0 Å². The van der Waals surface area contributed by atoms with E-state index in [0.29, 0.717) is 5.92 Å². The Labute approximate surface area is 79.3 Å². The first-order valence-corrected chi connectivity index (χ1v) is 4.73. The number of nitrogens with two attached hydrogens (primary N) is 1. The van der Waals surface area contributed by atoms with E-state index in [9.17, 15) is 0 Å². The molecule has 2 unspecified atom stereocenters. The molecule has 0 bridgehead atoms. The fourth-order valence-corrected chi connectivity index (χ4v) is 2.03. The maximum Gasteiger partial charge on any atom is 0.0179 e. The molecular weight excluding hydrogens is 158 g/mol. The van der Waals surface area contributed by atoms with Gasteiger partial charge in [0.1, 0.15) is 0 Å². The lowest BCUT2D eigenvalue weighted by Crippen LogP contribution is -2.22. The van der Waals surface area contributed by atoms with Crippen molar-refractivity contribution in [2.75, 3.05) is 0 Å². The maximum atomic E-state index is 5.93. The van der Waals surface area contributed by atoms with Gasteiger partial charge in [0.05, 0.1) is 0 Å². The summed E-state index contributed by atoms with van der Waals surface area (Å²) in [6, 6.07) is 8.72. The van der Waals surface area contributed by atoms with Gasteiger partial charge in [-0.05, 0) is 30.5 Å². The van der Waals surface area contributed by atoms with Crippen molar-refractivity contribution in [1.29, 1.82) is 0 Å². The van der Waals surface area contributed by atoms with Gasteiger partial charge in [-0.15, -0.1) is 0 Å². The van der Waals surface area contributed by atoms with Crippen molar-refractivity contribution in [3.05, 3.63) is 41.5 Å². The van der Waals surface area contributed by atoms with Gasteiger partial charge in [-0.25, -0.2) is 0 Å². The molecule has 68 valence electrons. The predicted molar refractivity (Wildman–Crippen MR) is 56.5 cm³/mol. The summed E-state index contributed by atoms with van der Waals surface area (Å²) in [6.07, 6.45) is 2.27. The maximum absolute atomic E-state index is 5.93. The molecule has 0 saturated carbocycles. The smallest absolute Gasteiger partial charge is 0.0179 e. The highest BCUT2D eigenvalue weighted by atomic mass is 14.6. The van der Waals surface area contributed by atoms with Crippen LogP contribution in [-0.4, -0.2) is 6.04 Å². The lowest BCUT2D eigenvalue weighted by molar-refractivity contribution is 0.669. The van der Waals surface area contributed by atoms with Gasteiger partial charge in [0.15, 0.2) is 0 Å². The highest BCUT2D eigenvalue weighted by molar-refractivity contribution is 5.73. The van der Waals surface area contributed by atoms with E-state index >= 15 is 0 Å².